The summed E-state index contributed by atoms with van der Waals surface area (Å²) in [7, 11) is 0. The molecule has 0 aliphatic heterocycles. The van der Waals surface area contributed by atoms with Crippen LogP contribution in [0, 0.1) is 10.1 Å². The van der Waals surface area contributed by atoms with E-state index in [2.05, 4.69) is 0 Å². The van der Waals surface area contributed by atoms with Crippen LogP contribution in [0.3, 0.4) is 0 Å². The predicted octanol–water partition coefficient (Wildman–Crippen LogP) is 2.10. The average molecular weight is 322 g/mol. The molecule has 3 rings (SSSR count). The molecule has 0 aliphatic carbocycles. The van der Waals surface area contributed by atoms with Crippen molar-refractivity contribution in [2.24, 2.45) is 0 Å². The Bertz CT molecular complexity index is 994. The van der Waals surface area contributed by atoms with Crippen LogP contribution in [-0.4, -0.2) is 45.6 Å². The van der Waals surface area contributed by atoms with Crippen LogP contribution in [-0.2, 0) is 11.2 Å². The van der Waals surface area contributed by atoms with E-state index in [0.717, 1.165) is 0 Å². The van der Waals surface area contributed by atoms with Gasteiger partial charge in [-0.25, -0.2) is 0 Å². The molecule has 0 bridgehead atoms. The zero-order chi connectivity index (χ0) is 15.9. The summed E-state index contributed by atoms with van der Waals surface area (Å²) < 4.78 is 5.55. The van der Waals surface area contributed by atoms with Gasteiger partial charge in [-0.3, -0.25) is 19.7 Å². The van der Waals surface area contributed by atoms with Crippen molar-refractivity contribution < 1.29 is 19.2 Å². The second-order valence-corrected chi connectivity index (χ2v) is 4.71. The molecule has 0 fully saturated rings. The Morgan fingerprint density at radius 3 is 2.35 bits per heavy atom. The summed E-state index contributed by atoms with van der Waals surface area (Å²) in [6, 6.07) is 8.66. The summed E-state index contributed by atoms with van der Waals surface area (Å²) in [5, 5.41) is 20.3. The SMILES string of the molecule is O=C(O)Cc1cccc2c(=O)c3cccc([N+](=O)[O-])c3oc12.[Na]. The van der Waals surface area contributed by atoms with E-state index in [0.29, 0.717) is 5.56 Å². The number of non-ortho nitro benzene ring substituents is 1. The molecular weight excluding hydrogens is 313 g/mol. The van der Waals surface area contributed by atoms with E-state index >= 15 is 0 Å². The molecule has 1 aromatic heterocycles. The van der Waals surface area contributed by atoms with Gasteiger partial charge in [0.25, 0.3) is 0 Å². The zero-order valence-corrected chi connectivity index (χ0v) is 14.1. The fraction of sp³-hybridized carbons (Fsp3) is 0.0667. The van der Waals surface area contributed by atoms with E-state index in [9.17, 15) is 19.7 Å². The second kappa shape index (κ2) is 6.49. The number of carboxylic acid groups (broad SMARTS) is 1. The minimum absolute atomic E-state index is 0. The van der Waals surface area contributed by atoms with Crippen molar-refractivity contribution in [3.63, 3.8) is 0 Å². The van der Waals surface area contributed by atoms with Gasteiger partial charge >= 0.3 is 11.7 Å². The maximum atomic E-state index is 12.5. The third kappa shape index (κ3) is 2.98. The van der Waals surface area contributed by atoms with Gasteiger partial charge in [0.05, 0.1) is 22.1 Å². The van der Waals surface area contributed by atoms with Gasteiger partial charge < -0.3 is 9.52 Å². The molecule has 1 radical (unpaired) electrons. The van der Waals surface area contributed by atoms with E-state index in [4.69, 9.17) is 9.52 Å². The molecule has 3 aromatic rings. The topological polar surface area (TPSA) is 111 Å². The third-order valence-corrected chi connectivity index (χ3v) is 3.32. The van der Waals surface area contributed by atoms with Crippen molar-refractivity contribution in [1.29, 1.82) is 0 Å². The van der Waals surface area contributed by atoms with E-state index in [1.54, 1.807) is 6.07 Å². The van der Waals surface area contributed by atoms with Crippen LogP contribution in [0.15, 0.2) is 45.6 Å². The first-order chi connectivity index (χ1) is 10.5. The van der Waals surface area contributed by atoms with Gasteiger partial charge in [-0.1, -0.05) is 18.2 Å². The summed E-state index contributed by atoms with van der Waals surface area (Å²) in [6.07, 6.45) is -0.341. The van der Waals surface area contributed by atoms with Crippen LogP contribution in [0.2, 0.25) is 0 Å². The summed E-state index contributed by atoms with van der Waals surface area (Å²) >= 11 is 0. The number of carboxylic acids is 1. The molecule has 0 saturated heterocycles. The van der Waals surface area contributed by atoms with Gasteiger partial charge in [0.1, 0.15) is 5.58 Å². The van der Waals surface area contributed by atoms with Crippen LogP contribution in [0.4, 0.5) is 5.69 Å². The number of aliphatic carboxylic acids is 1. The normalized spacial score (nSPS) is 10.4. The molecule has 0 aliphatic rings. The number of fused-ring (bicyclic) bond motifs is 2. The van der Waals surface area contributed by atoms with Crippen LogP contribution >= 0.6 is 0 Å². The summed E-state index contributed by atoms with van der Waals surface area (Å²) in [5.74, 6) is -1.09. The van der Waals surface area contributed by atoms with Crippen LogP contribution in [0.1, 0.15) is 5.56 Å². The van der Waals surface area contributed by atoms with Crippen molar-refractivity contribution in [3.05, 3.63) is 62.3 Å². The van der Waals surface area contributed by atoms with Gasteiger partial charge in [0, 0.05) is 41.2 Å². The van der Waals surface area contributed by atoms with Crippen LogP contribution in [0.25, 0.3) is 21.9 Å². The Kier molecular flexibility index (Phi) is 4.84. The van der Waals surface area contributed by atoms with E-state index in [1.165, 1.54) is 30.3 Å². The van der Waals surface area contributed by atoms with Gasteiger partial charge in [0.15, 0.2) is 0 Å². The zero-order valence-electron chi connectivity index (χ0n) is 12.1. The fourth-order valence-corrected chi connectivity index (χ4v) is 2.39. The molecule has 1 heterocycles. The second-order valence-electron chi connectivity index (χ2n) is 4.71. The number of nitro benzene ring substituents is 1. The molecule has 1 N–H and O–H groups in total. The quantitative estimate of drug-likeness (QED) is 0.342. The van der Waals surface area contributed by atoms with E-state index in [1.807, 2.05) is 0 Å². The smallest absolute Gasteiger partial charge is 0.312 e. The predicted molar refractivity (Wildman–Crippen MR) is 83.7 cm³/mol. The summed E-state index contributed by atoms with van der Waals surface area (Å²) in [4.78, 5) is 33.8. The van der Waals surface area contributed by atoms with E-state index in [-0.39, 0.29) is 63.6 Å². The van der Waals surface area contributed by atoms with Crippen molar-refractivity contribution in [3.8, 4) is 0 Å². The number of hydrogen-bond donors (Lipinski definition) is 1. The third-order valence-electron chi connectivity index (χ3n) is 3.32. The van der Waals surface area contributed by atoms with Crippen molar-refractivity contribution >= 4 is 63.2 Å². The molecular formula is C15H9NNaO6. The summed E-state index contributed by atoms with van der Waals surface area (Å²) in [5.41, 5.74) is -0.546. The van der Waals surface area contributed by atoms with E-state index < -0.39 is 16.3 Å². The molecule has 2 aromatic carbocycles. The molecule has 0 amide bonds. The minimum Gasteiger partial charge on any atom is -0.481 e. The van der Waals surface area contributed by atoms with Crippen LogP contribution in [0.5, 0.6) is 0 Å². The maximum Gasteiger partial charge on any atom is 0.312 e. The number of carbonyl (C=O) groups is 1. The molecule has 111 valence electrons. The van der Waals surface area contributed by atoms with Gasteiger partial charge in [-0.2, -0.15) is 0 Å². The standard InChI is InChI=1S/C15H9NO6.Na/c17-12(18)7-8-3-1-4-9-13(19)10-5-2-6-11(16(20)21)15(10)22-14(8)9;/h1-6H,7H2,(H,17,18);. The molecule has 0 unspecified atom stereocenters. The Hall–Kier alpha value is -2.22. The molecule has 23 heavy (non-hydrogen) atoms. The van der Waals surface area contributed by atoms with Crippen molar-refractivity contribution in [1.82, 2.24) is 0 Å². The monoisotopic (exact) mass is 322 g/mol. The van der Waals surface area contributed by atoms with Gasteiger partial charge in [-0.05, 0) is 12.1 Å². The van der Waals surface area contributed by atoms with Crippen molar-refractivity contribution in [2.45, 2.75) is 6.42 Å². The van der Waals surface area contributed by atoms with Crippen molar-refractivity contribution in [2.75, 3.05) is 0 Å². The summed E-state index contributed by atoms with van der Waals surface area (Å²) in [6.45, 7) is 0. The van der Waals surface area contributed by atoms with Gasteiger partial charge in [-0.15, -0.1) is 0 Å². The largest absolute Gasteiger partial charge is 0.481 e. The maximum absolute atomic E-state index is 12.5. The number of nitro groups is 1. The minimum atomic E-state index is -1.09. The first kappa shape index (κ1) is 17.1. The first-order valence-electron chi connectivity index (χ1n) is 6.32. The molecule has 7 nitrogen and oxygen atoms in total. The average Bonchev–Trinajstić information content (AvgIpc) is 2.47. The number of benzene rings is 2. The van der Waals surface area contributed by atoms with Gasteiger partial charge in [0.2, 0.25) is 11.0 Å². The molecule has 0 atom stereocenters. The Morgan fingerprint density at radius 2 is 1.74 bits per heavy atom. The molecule has 8 heteroatoms. The first-order valence-corrected chi connectivity index (χ1v) is 6.32. The number of nitrogens with zero attached hydrogens (tertiary/aromatic N) is 1. The Labute approximate surface area is 151 Å². The Morgan fingerprint density at radius 1 is 1.13 bits per heavy atom. The number of rotatable bonds is 3. The number of hydrogen-bond acceptors (Lipinski definition) is 5. The molecule has 0 saturated carbocycles. The van der Waals surface area contributed by atoms with Crippen LogP contribution < -0.4 is 5.43 Å². The molecule has 0 spiro atoms. The fourth-order valence-electron chi connectivity index (χ4n) is 2.39. The Balaban J connectivity index is 0.00000192. The number of para-hydroxylation sites is 2.